The summed E-state index contributed by atoms with van der Waals surface area (Å²) < 4.78 is 5.51. The Morgan fingerprint density at radius 2 is 2.05 bits per heavy atom. The van der Waals surface area contributed by atoms with E-state index >= 15 is 0 Å². The lowest BCUT2D eigenvalue weighted by Gasteiger charge is -2.13. The standard InChI is InChI=1S/C14H22N2O2.ClH/c1-4-18-13-8-6-5-7-12(13)10-16-14(17)11(2)9-15-3;/h5-8,11,15H,4,9-10H2,1-3H3,(H,16,17);1H. The summed E-state index contributed by atoms with van der Waals surface area (Å²) in [6.07, 6.45) is 0. The highest BCUT2D eigenvalue weighted by Crippen LogP contribution is 2.17. The second kappa shape index (κ2) is 9.64. The number of hydrogen-bond donors (Lipinski definition) is 2. The number of para-hydroxylation sites is 1. The van der Waals surface area contributed by atoms with Gasteiger partial charge in [-0.15, -0.1) is 12.4 Å². The van der Waals surface area contributed by atoms with Gasteiger partial charge in [-0.3, -0.25) is 4.79 Å². The maximum absolute atomic E-state index is 11.8. The summed E-state index contributed by atoms with van der Waals surface area (Å²) in [5.41, 5.74) is 1.00. The van der Waals surface area contributed by atoms with Crippen LogP contribution in [0.4, 0.5) is 0 Å². The predicted molar refractivity (Wildman–Crippen MR) is 79.8 cm³/mol. The van der Waals surface area contributed by atoms with Crippen LogP contribution in [-0.2, 0) is 11.3 Å². The quantitative estimate of drug-likeness (QED) is 0.806. The van der Waals surface area contributed by atoms with Crippen LogP contribution >= 0.6 is 12.4 Å². The van der Waals surface area contributed by atoms with Gasteiger partial charge in [-0.2, -0.15) is 0 Å². The van der Waals surface area contributed by atoms with E-state index in [1.807, 2.05) is 45.2 Å². The van der Waals surface area contributed by atoms with E-state index in [-0.39, 0.29) is 24.2 Å². The third kappa shape index (κ3) is 5.94. The first-order valence-electron chi connectivity index (χ1n) is 6.32. The number of benzene rings is 1. The molecule has 0 fully saturated rings. The number of carbonyl (C=O) groups is 1. The zero-order valence-electron chi connectivity index (χ0n) is 11.7. The van der Waals surface area contributed by atoms with Crippen molar-refractivity contribution >= 4 is 18.3 Å². The van der Waals surface area contributed by atoms with Crippen molar-refractivity contribution in [3.05, 3.63) is 29.8 Å². The zero-order valence-corrected chi connectivity index (χ0v) is 12.5. The van der Waals surface area contributed by atoms with Crippen molar-refractivity contribution in [2.75, 3.05) is 20.2 Å². The molecule has 1 atom stereocenters. The minimum atomic E-state index is -0.0331. The monoisotopic (exact) mass is 286 g/mol. The Morgan fingerprint density at radius 3 is 2.68 bits per heavy atom. The topological polar surface area (TPSA) is 50.4 Å². The maximum Gasteiger partial charge on any atom is 0.224 e. The van der Waals surface area contributed by atoms with Crippen molar-refractivity contribution in [3.8, 4) is 5.75 Å². The van der Waals surface area contributed by atoms with E-state index < -0.39 is 0 Å². The lowest BCUT2D eigenvalue weighted by atomic mass is 10.1. The van der Waals surface area contributed by atoms with Crippen LogP contribution in [0, 0.1) is 5.92 Å². The minimum Gasteiger partial charge on any atom is -0.494 e. The first-order valence-corrected chi connectivity index (χ1v) is 6.32. The van der Waals surface area contributed by atoms with Crippen LogP contribution in [0.2, 0.25) is 0 Å². The number of rotatable bonds is 7. The second-order valence-corrected chi connectivity index (χ2v) is 4.22. The summed E-state index contributed by atoms with van der Waals surface area (Å²) in [5.74, 6) is 0.853. The number of nitrogens with one attached hydrogen (secondary N) is 2. The van der Waals surface area contributed by atoms with Gasteiger partial charge in [-0.1, -0.05) is 25.1 Å². The Kier molecular flexibility index (Phi) is 9.00. The van der Waals surface area contributed by atoms with Gasteiger partial charge in [0.15, 0.2) is 0 Å². The molecular formula is C14H23ClN2O2. The molecule has 5 heteroatoms. The molecule has 0 heterocycles. The molecule has 1 aromatic rings. The third-order valence-corrected chi connectivity index (χ3v) is 2.68. The second-order valence-electron chi connectivity index (χ2n) is 4.22. The minimum absolute atomic E-state index is 0. The summed E-state index contributed by atoms with van der Waals surface area (Å²) in [7, 11) is 1.84. The molecule has 1 unspecified atom stereocenters. The Balaban J connectivity index is 0.00000324. The fourth-order valence-corrected chi connectivity index (χ4v) is 1.70. The van der Waals surface area contributed by atoms with E-state index in [0.29, 0.717) is 19.7 Å². The first kappa shape index (κ1) is 17.7. The lowest BCUT2D eigenvalue weighted by Crippen LogP contribution is -2.33. The van der Waals surface area contributed by atoms with E-state index in [2.05, 4.69) is 10.6 Å². The number of ether oxygens (including phenoxy) is 1. The van der Waals surface area contributed by atoms with Crippen molar-refractivity contribution in [2.45, 2.75) is 20.4 Å². The highest BCUT2D eigenvalue weighted by Gasteiger charge is 2.12. The van der Waals surface area contributed by atoms with Crippen molar-refractivity contribution < 1.29 is 9.53 Å². The predicted octanol–water partition coefficient (Wildman–Crippen LogP) is 1.98. The molecule has 0 spiro atoms. The molecule has 0 saturated carbocycles. The first-order chi connectivity index (χ1) is 8.69. The van der Waals surface area contributed by atoms with E-state index in [0.717, 1.165) is 11.3 Å². The van der Waals surface area contributed by atoms with E-state index in [4.69, 9.17) is 4.74 Å². The Morgan fingerprint density at radius 1 is 1.37 bits per heavy atom. The van der Waals surface area contributed by atoms with Gasteiger partial charge in [0.1, 0.15) is 5.75 Å². The van der Waals surface area contributed by atoms with Gasteiger partial charge in [0.25, 0.3) is 0 Å². The molecule has 4 nitrogen and oxygen atoms in total. The Bertz CT molecular complexity index is 385. The van der Waals surface area contributed by atoms with Crippen LogP contribution in [0.1, 0.15) is 19.4 Å². The Hall–Kier alpha value is -1.26. The maximum atomic E-state index is 11.8. The summed E-state index contributed by atoms with van der Waals surface area (Å²) in [6, 6.07) is 7.76. The molecular weight excluding hydrogens is 264 g/mol. The summed E-state index contributed by atoms with van der Waals surface area (Å²) >= 11 is 0. The number of amides is 1. The molecule has 0 aliphatic rings. The van der Waals surface area contributed by atoms with Crippen LogP contribution in [0.15, 0.2) is 24.3 Å². The SMILES string of the molecule is CCOc1ccccc1CNC(=O)C(C)CNC.Cl. The van der Waals surface area contributed by atoms with Crippen LogP contribution < -0.4 is 15.4 Å². The van der Waals surface area contributed by atoms with Gasteiger partial charge < -0.3 is 15.4 Å². The molecule has 2 N–H and O–H groups in total. The van der Waals surface area contributed by atoms with Crippen LogP contribution in [0.5, 0.6) is 5.75 Å². The third-order valence-electron chi connectivity index (χ3n) is 2.68. The van der Waals surface area contributed by atoms with E-state index in [1.165, 1.54) is 0 Å². The molecule has 19 heavy (non-hydrogen) atoms. The smallest absolute Gasteiger partial charge is 0.224 e. The molecule has 1 rings (SSSR count). The van der Waals surface area contributed by atoms with Crippen LogP contribution in [-0.4, -0.2) is 26.1 Å². The van der Waals surface area contributed by atoms with Gasteiger partial charge in [-0.25, -0.2) is 0 Å². The molecule has 0 aliphatic heterocycles. The number of hydrogen-bond acceptors (Lipinski definition) is 3. The van der Waals surface area contributed by atoms with Crippen molar-refractivity contribution in [1.82, 2.24) is 10.6 Å². The van der Waals surface area contributed by atoms with Crippen molar-refractivity contribution in [3.63, 3.8) is 0 Å². The summed E-state index contributed by atoms with van der Waals surface area (Å²) in [6.45, 7) is 5.66. The van der Waals surface area contributed by atoms with Gasteiger partial charge in [0.2, 0.25) is 5.91 Å². The summed E-state index contributed by atoms with van der Waals surface area (Å²) in [5, 5.41) is 5.92. The van der Waals surface area contributed by atoms with Gasteiger partial charge in [0, 0.05) is 24.6 Å². The highest BCUT2D eigenvalue weighted by molar-refractivity contribution is 5.85. The molecule has 0 aliphatic carbocycles. The highest BCUT2D eigenvalue weighted by atomic mass is 35.5. The molecule has 0 radical (unpaired) electrons. The molecule has 1 amide bonds. The van der Waals surface area contributed by atoms with Gasteiger partial charge in [0.05, 0.1) is 6.61 Å². The average molecular weight is 287 g/mol. The molecule has 1 aromatic carbocycles. The van der Waals surface area contributed by atoms with Crippen LogP contribution in [0.25, 0.3) is 0 Å². The van der Waals surface area contributed by atoms with Crippen molar-refractivity contribution in [1.29, 1.82) is 0 Å². The summed E-state index contributed by atoms with van der Waals surface area (Å²) in [4.78, 5) is 11.8. The normalized spacial score (nSPS) is 11.3. The largest absolute Gasteiger partial charge is 0.494 e. The van der Waals surface area contributed by atoms with Crippen LogP contribution in [0.3, 0.4) is 0 Å². The fraction of sp³-hybridized carbons (Fsp3) is 0.500. The van der Waals surface area contributed by atoms with Gasteiger partial charge in [-0.05, 0) is 20.0 Å². The Labute approximate surface area is 121 Å². The zero-order chi connectivity index (χ0) is 13.4. The lowest BCUT2D eigenvalue weighted by molar-refractivity contribution is -0.124. The molecule has 0 bridgehead atoms. The van der Waals surface area contributed by atoms with Gasteiger partial charge >= 0.3 is 0 Å². The van der Waals surface area contributed by atoms with E-state index in [9.17, 15) is 4.79 Å². The number of carbonyl (C=O) groups excluding carboxylic acids is 1. The molecule has 0 aromatic heterocycles. The number of halogens is 1. The molecule has 108 valence electrons. The average Bonchev–Trinajstić information content (AvgIpc) is 2.38. The van der Waals surface area contributed by atoms with Crippen molar-refractivity contribution in [2.24, 2.45) is 5.92 Å². The molecule has 0 saturated heterocycles. The van der Waals surface area contributed by atoms with E-state index in [1.54, 1.807) is 0 Å². The fourth-order valence-electron chi connectivity index (χ4n) is 1.70.